The van der Waals surface area contributed by atoms with Gasteiger partial charge in [0.1, 0.15) is 0 Å². The summed E-state index contributed by atoms with van der Waals surface area (Å²) in [6, 6.07) is 0. The Morgan fingerprint density at radius 2 is 2.00 bits per heavy atom. The van der Waals surface area contributed by atoms with Crippen LogP contribution in [0.2, 0.25) is 0 Å². The number of thiocarbonyl (C=S) groups is 1. The van der Waals surface area contributed by atoms with Crippen LogP contribution in [-0.4, -0.2) is 27.5 Å². The third kappa shape index (κ3) is 4.32. The molecule has 4 heteroatoms. The first kappa shape index (κ1) is 8.81. The molecule has 0 aromatic rings. The molecule has 0 fully saturated rings. The van der Waals surface area contributed by atoms with Crippen LogP contribution in [0.3, 0.4) is 0 Å². The summed E-state index contributed by atoms with van der Waals surface area (Å²) >= 11 is 4.61. The lowest BCUT2D eigenvalue weighted by Crippen LogP contribution is -2.39. The lowest BCUT2D eigenvalue weighted by Gasteiger charge is -2.14. The summed E-state index contributed by atoms with van der Waals surface area (Å²) in [7, 11) is 0. The predicted molar refractivity (Wildman–Crippen MR) is 39.1 cm³/mol. The fourth-order valence-electron chi connectivity index (χ4n) is 0.329. The number of hydrogen-bond acceptors (Lipinski definition) is 3. The van der Waals surface area contributed by atoms with Crippen molar-refractivity contribution in [3.8, 4) is 0 Å². The van der Waals surface area contributed by atoms with Gasteiger partial charge in [-0.05, 0) is 13.8 Å². The molecule has 2 atom stereocenters. The molecule has 3 N–H and O–H groups in total. The molecule has 2 unspecified atom stereocenters. The molecule has 0 saturated carbocycles. The zero-order valence-corrected chi connectivity index (χ0v) is 6.27. The smallest absolute Gasteiger partial charge is 0.150 e. The second kappa shape index (κ2) is 3.76. The largest absolute Gasteiger partial charge is 0.389 e. The maximum absolute atomic E-state index is 8.85. The van der Waals surface area contributed by atoms with E-state index in [2.05, 4.69) is 17.5 Å². The molecule has 0 aromatic carbocycles. The van der Waals surface area contributed by atoms with Crippen molar-refractivity contribution >= 4 is 17.2 Å². The Hall–Kier alpha value is -0.190. The van der Waals surface area contributed by atoms with Crippen LogP contribution in [0.1, 0.15) is 13.8 Å². The highest BCUT2D eigenvalue weighted by atomic mass is 32.1. The molecule has 0 heterocycles. The Morgan fingerprint density at radius 1 is 1.56 bits per heavy atom. The lowest BCUT2D eigenvalue weighted by atomic mass is 10.3. The summed E-state index contributed by atoms with van der Waals surface area (Å²) in [4.78, 5) is 0.475. The average molecular weight is 149 g/mol. The van der Waals surface area contributed by atoms with Crippen LogP contribution in [0.4, 0.5) is 0 Å². The molecule has 3 nitrogen and oxygen atoms in total. The molecule has 9 heavy (non-hydrogen) atoms. The van der Waals surface area contributed by atoms with Gasteiger partial charge in [0.25, 0.3) is 0 Å². The first-order chi connectivity index (χ1) is 4.04. The molecular weight excluding hydrogens is 138 g/mol. The number of hydrogen-bond donors (Lipinski definition) is 3. The van der Waals surface area contributed by atoms with Crippen molar-refractivity contribution in [2.24, 2.45) is 0 Å². The number of nitrogens with one attached hydrogen (secondary N) is 1. The fourth-order valence-corrected chi connectivity index (χ4v) is 0.450. The van der Waals surface area contributed by atoms with E-state index in [1.807, 2.05) is 0 Å². The molecule has 0 aliphatic heterocycles. The van der Waals surface area contributed by atoms with Crippen LogP contribution in [-0.2, 0) is 0 Å². The molecular formula is C5H11NO2S. The van der Waals surface area contributed by atoms with Crippen LogP contribution in [0.25, 0.3) is 0 Å². The molecule has 0 amide bonds. The van der Waals surface area contributed by atoms with Crippen molar-refractivity contribution in [1.82, 2.24) is 5.32 Å². The molecule has 0 bridgehead atoms. The van der Waals surface area contributed by atoms with Crippen LogP contribution < -0.4 is 5.32 Å². The Bertz CT molecular complexity index is 105. The molecule has 0 aliphatic rings. The van der Waals surface area contributed by atoms with Gasteiger partial charge in [-0.2, -0.15) is 0 Å². The lowest BCUT2D eigenvalue weighted by molar-refractivity contribution is 0.0224. The average Bonchev–Trinajstić information content (AvgIpc) is 1.63. The molecule has 0 aromatic heterocycles. The summed E-state index contributed by atoms with van der Waals surface area (Å²) in [6.07, 6.45) is -1.73. The monoisotopic (exact) mass is 149 g/mol. The van der Waals surface area contributed by atoms with E-state index in [9.17, 15) is 0 Å². The van der Waals surface area contributed by atoms with Gasteiger partial charge in [-0.1, -0.05) is 12.2 Å². The first-order valence-corrected chi connectivity index (χ1v) is 3.08. The van der Waals surface area contributed by atoms with Crippen LogP contribution in [0, 0.1) is 0 Å². The fraction of sp³-hybridized carbons (Fsp3) is 0.800. The second-order valence-corrected chi connectivity index (χ2v) is 2.50. The van der Waals surface area contributed by atoms with E-state index in [1.54, 1.807) is 6.92 Å². The minimum absolute atomic E-state index is 0.475. The summed E-state index contributed by atoms with van der Waals surface area (Å²) in [6.45, 7) is 3.12. The SMILES string of the molecule is CC(=S)NC(O)C(C)O. The topological polar surface area (TPSA) is 52.5 Å². The van der Waals surface area contributed by atoms with Crippen molar-refractivity contribution in [3.63, 3.8) is 0 Å². The highest BCUT2D eigenvalue weighted by molar-refractivity contribution is 7.80. The van der Waals surface area contributed by atoms with Gasteiger partial charge in [-0.15, -0.1) is 0 Å². The van der Waals surface area contributed by atoms with Crippen molar-refractivity contribution in [2.75, 3.05) is 0 Å². The number of aliphatic hydroxyl groups excluding tert-OH is 2. The third-order valence-electron chi connectivity index (χ3n) is 0.808. The number of rotatable bonds is 2. The Morgan fingerprint density at radius 3 is 2.11 bits per heavy atom. The summed E-state index contributed by atoms with van der Waals surface area (Å²) in [5.74, 6) is 0. The van der Waals surface area contributed by atoms with Crippen molar-refractivity contribution in [1.29, 1.82) is 0 Å². The highest BCUT2D eigenvalue weighted by Gasteiger charge is 2.08. The van der Waals surface area contributed by atoms with Crippen LogP contribution in [0.5, 0.6) is 0 Å². The van der Waals surface area contributed by atoms with E-state index in [1.165, 1.54) is 6.92 Å². The second-order valence-electron chi connectivity index (χ2n) is 1.89. The summed E-state index contributed by atoms with van der Waals surface area (Å²) in [5.41, 5.74) is 0. The van der Waals surface area contributed by atoms with Gasteiger partial charge >= 0.3 is 0 Å². The Kier molecular flexibility index (Phi) is 3.68. The zero-order chi connectivity index (χ0) is 7.44. The number of aliphatic hydroxyl groups is 2. The molecule has 0 radical (unpaired) electrons. The summed E-state index contributed by atoms with van der Waals surface area (Å²) in [5, 5.41) is 20.0. The van der Waals surface area contributed by atoms with E-state index in [0.29, 0.717) is 4.99 Å². The van der Waals surface area contributed by atoms with Crippen molar-refractivity contribution in [3.05, 3.63) is 0 Å². The Labute approximate surface area is 59.7 Å². The van der Waals surface area contributed by atoms with Gasteiger partial charge in [0.2, 0.25) is 0 Å². The maximum Gasteiger partial charge on any atom is 0.150 e. The van der Waals surface area contributed by atoms with Crippen molar-refractivity contribution < 1.29 is 10.2 Å². The molecule has 0 aliphatic carbocycles. The minimum Gasteiger partial charge on any atom is -0.389 e. The van der Waals surface area contributed by atoms with Gasteiger partial charge in [0, 0.05) is 0 Å². The van der Waals surface area contributed by atoms with Crippen LogP contribution in [0.15, 0.2) is 0 Å². The van der Waals surface area contributed by atoms with Gasteiger partial charge in [0.05, 0.1) is 11.1 Å². The van der Waals surface area contributed by atoms with E-state index >= 15 is 0 Å². The molecule has 0 rings (SSSR count). The standard InChI is InChI=1S/C5H11NO2S/c1-3(7)5(8)6-4(2)9/h3,5,7-8H,1-2H3,(H,6,9). The minimum atomic E-state index is -0.942. The molecule has 54 valence electrons. The van der Waals surface area contributed by atoms with E-state index < -0.39 is 12.3 Å². The van der Waals surface area contributed by atoms with Gasteiger partial charge in [-0.3, -0.25) is 0 Å². The predicted octanol–water partition coefficient (Wildman–Crippen LogP) is -0.378. The maximum atomic E-state index is 8.85. The third-order valence-corrected chi connectivity index (χ3v) is 0.926. The van der Waals surface area contributed by atoms with E-state index in [0.717, 1.165) is 0 Å². The quantitative estimate of drug-likeness (QED) is 0.370. The first-order valence-electron chi connectivity index (χ1n) is 2.67. The van der Waals surface area contributed by atoms with Crippen molar-refractivity contribution in [2.45, 2.75) is 26.2 Å². The summed E-state index contributed by atoms with van der Waals surface area (Å²) < 4.78 is 0. The van der Waals surface area contributed by atoms with Crippen LogP contribution >= 0.6 is 12.2 Å². The van der Waals surface area contributed by atoms with Gasteiger partial charge < -0.3 is 15.5 Å². The van der Waals surface area contributed by atoms with Gasteiger partial charge in [0.15, 0.2) is 6.23 Å². The molecule has 0 saturated heterocycles. The molecule has 0 spiro atoms. The highest BCUT2D eigenvalue weighted by Crippen LogP contribution is 1.86. The normalized spacial score (nSPS) is 16.4. The van der Waals surface area contributed by atoms with E-state index in [-0.39, 0.29) is 0 Å². The van der Waals surface area contributed by atoms with E-state index in [4.69, 9.17) is 10.2 Å². The zero-order valence-electron chi connectivity index (χ0n) is 5.46. The Balaban J connectivity index is 3.50. The van der Waals surface area contributed by atoms with Gasteiger partial charge in [-0.25, -0.2) is 0 Å².